The van der Waals surface area contributed by atoms with E-state index in [4.69, 9.17) is 0 Å². The van der Waals surface area contributed by atoms with Crippen LogP contribution >= 0.6 is 0 Å². The number of sulfonamides is 1. The van der Waals surface area contributed by atoms with Gasteiger partial charge in [0.25, 0.3) is 5.69 Å². The zero-order chi connectivity index (χ0) is 18.6. The number of para-hydroxylation sites is 1. The Hall–Kier alpha value is -2.25. The largest absolute Gasteiger partial charge is 0.289 e. The molecule has 0 bridgehead atoms. The lowest BCUT2D eigenvalue weighted by molar-refractivity contribution is -0.387. The third kappa shape index (κ3) is 4.11. The fourth-order valence-electron chi connectivity index (χ4n) is 3.42. The van der Waals surface area contributed by atoms with Crippen LogP contribution in [0.5, 0.6) is 0 Å². The van der Waals surface area contributed by atoms with E-state index in [1.54, 1.807) is 0 Å². The number of hydrogen-bond donors (Lipinski definition) is 0. The second-order valence-corrected chi connectivity index (χ2v) is 8.50. The zero-order valence-electron chi connectivity index (χ0n) is 14.5. The topological polar surface area (TPSA) is 80.5 Å². The van der Waals surface area contributed by atoms with Crippen LogP contribution in [0.15, 0.2) is 59.5 Å². The van der Waals surface area contributed by atoms with Gasteiger partial charge in [-0.3, -0.25) is 10.1 Å². The molecule has 0 unspecified atom stereocenters. The average Bonchev–Trinajstić information content (AvgIpc) is 2.67. The standard InChI is InChI=1S/C19H22N2O4S/c22-21(23)18-8-4-5-9-19(18)26(24,25)20-14-12-17(13-15-20)11-10-16-6-2-1-3-7-16/h1-9,17H,10-15H2. The van der Waals surface area contributed by atoms with Gasteiger partial charge in [0, 0.05) is 19.2 Å². The minimum absolute atomic E-state index is 0.215. The summed E-state index contributed by atoms with van der Waals surface area (Å²) >= 11 is 0. The molecule has 6 nitrogen and oxygen atoms in total. The van der Waals surface area contributed by atoms with E-state index in [0.717, 1.165) is 25.7 Å². The lowest BCUT2D eigenvalue weighted by Gasteiger charge is -2.31. The summed E-state index contributed by atoms with van der Waals surface area (Å²) in [6.07, 6.45) is 3.59. The van der Waals surface area contributed by atoms with Crippen molar-refractivity contribution in [3.05, 3.63) is 70.3 Å². The number of nitro benzene ring substituents is 1. The van der Waals surface area contributed by atoms with Crippen LogP contribution in [0.3, 0.4) is 0 Å². The van der Waals surface area contributed by atoms with Gasteiger partial charge in [-0.1, -0.05) is 42.5 Å². The quantitative estimate of drug-likeness (QED) is 0.571. The van der Waals surface area contributed by atoms with Crippen molar-refractivity contribution in [3.8, 4) is 0 Å². The van der Waals surface area contributed by atoms with Gasteiger partial charge in [-0.05, 0) is 43.2 Å². The maximum absolute atomic E-state index is 12.8. The van der Waals surface area contributed by atoms with Crippen molar-refractivity contribution in [2.45, 2.75) is 30.6 Å². The maximum atomic E-state index is 12.8. The summed E-state index contributed by atoms with van der Waals surface area (Å²) < 4.78 is 27.0. The van der Waals surface area contributed by atoms with Gasteiger partial charge in [0.05, 0.1) is 4.92 Å². The van der Waals surface area contributed by atoms with Crippen molar-refractivity contribution in [2.24, 2.45) is 5.92 Å². The molecule has 138 valence electrons. The summed E-state index contributed by atoms with van der Waals surface area (Å²) in [7, 11) is -3.84. The molecule has 7 heteroatoms. The maximum Gasteiger partial charge on any atom is 0.289 e. The molecule has 0 N–H and O–H groups in total. The molecule has 1 aliphatic rings. The van der Waals surface area contributed by atoms with Gasteiger partial charge < -0.3 is 0 Å². The monoisotopic (exact) mass is 374 g/mol. The molecule has 0 saturated carbocycles. The number of hydrogen-bond acceptors (Lipinski definition) is 4. The SMILES string of the molecule is O=[N+]([O-])c1ccccc1S(=O)(=O)N1CCC(CCc2ccccc2)CC1. The van der Waals surface area contributed by atoms with Crippen LogP contribution in [0.4, 0.5) is 5.69 Å². The number of benzene rings is 2. The van der Waals surface area contributed by atoms with Crippen LogP contribution in [0.25, 0.3) is 0 Å². The first-order valence-corrected chi connectivity index (χ1v) is 10.2. The Balaban J connectivity index is 1.63. The van der Waals surface area contributed by atoms with Crippen LogP contribution in [0.1, 0.15) is 24.8 Å². The summed E-state index contributed by atoms with van der Waals surface area (Å²) in [6, 6.07) is 15.8. The molecule has 0 amide bonds. The van der Waals surface area contributed by atoms with E-state index in [1.165, 1.54) is 34.1 Å². The van der Waals surface area contributed by atoms with Gasteiger partial charge in [-0.2, -0.15) is 4.31 Å². The molecule has 26 heavy (non-hydrogen) atoms. The minimum atomic E-state index is -3.84. The Morgan fingerprint density at radius 3 is 2.27 bits per heavy atom. The molecule has 0 aromatic heterocycles. The van der Waals surface area contributed by atoms with E-state index in [1.807, 2.05) is 18.2 Å². The molecule has 1 fully saturated rings. The predicted octanol–water partition coefficient (Wildman–Crippen LogP) is 3.63. The minimum Gasteiger partial charge on any atom is -0.258 e. The van der Waals surface area contributed by atoms with E-state index >= 15 is 0 Å². The Morgan fingerprint density at radius 1 is 1.00 bits per heavy atom. The van der Waals surface area contributed by atoms with Gasteiger partial charge in [-0.15, -0.1) is 0 Å². The summed E-state index contributed by atoms with van der Waals surface area (Å²) in [5.41, 5.74) is 0.932. The van der Waals surface area contributed by atoms with Crippen LogP contribution in [-0.2, 0) is 16.4 Å². The molecule has 0 spiro atoms. The highest BCUT2D eigenvalue weighted by molar-refractivity contribution is 7.89. The predicted molar refractivity (Wildman–Crippen MR) is 99.3 cm³/mol. The molecule has 1 heterocycles. The van der Waals surface area contributed by atoms with Crippen LogP contribution in [0, 0.1) is 16.0 Å². The fraction of sp³-hybridized carbons (Fsp3) is 0.368. The second kappa shape index (κ2) is 7.97. The molecule has 1 aliphatic heterocycles. The molecular weight excluding hydrogens is 352 g/mol. The van der Waals surface area contributed by atoms with Gasteiger partial charge >= 0.3 is 0 Å². The highest BCUT2D eigenvalue weighted by Gasteiger charge is 2.33. The zero-order valence-corrected chi connectivity index (χ0v) is 15.3. The first kappa shape index (κ1) is 18.5. The summed E-state index contributed by atoms with van der Waals surface area (Å²) in [4.78, 5) is 10.3. The van der Waals surface area contributed by atoms with Crippen molar-refractivity contribution in [3.63, 3.8) is 0 Å². The number of nitrogens with zero attached hydrogens (tertiary/aromatic N) is 2. The molecule has 3 rings (SSSR count). The molecule has 2 aromatic carbocycles. The number of piperidine rings is 1. The van der Waals surface area contributed by atoms with Gasteiger partial charge in [0.15, 0.2) is 4.90 Å². The highest BCUT2D eigenvalue weighted by Crippen LogP contribution is 2.30. The second-order valence-electron chi connectivity index (χ2n) is 6.60. The lowest BCUT2D eigenvalue weighted by atomic mass is 9.91. The summed E-state index contributed by atoms with van der Waals surface area (Å²) in [5, 5.41) is 11.1. The normalized spacial score (nSPS) is 16.5. The summed E-state index contributed by atoms with van der Waals surface area (Å²) in [6.45, 7) is 0.821. The third-order valence-electron chi connectivity index (χ3n) is 4.94. The Kier molecular flexibility index (Phi) is 5.68. The number of nitro groups is 1. The van der Waals surface area contributed by atoms with Crippen molar-refractivity contribution < 1.29 is 13.3 Å². The van der Waals surface area contributed by atoms with Gasteiger partial charge in [-0.25, -0.2) is 8.42 Å². The van der Waals surface area contributed by atoms with Crippen molar-refractivity contribution in [1.82, 2.24) is 4.31 Å². The first-order valence-electron chi connectivity index (χ1n) is 8.76. The molecule has 2 aromatic rings. The molecule has 0 atom stereocenters. The summed E-state index contributed by atoms with van der Waals surface area (Å²) in [5.74, 6) is 0.479. The van der Waals surface area contributed by atoms with E-state index in [2.05, 4.69) is 12.1 Å². The van der Waals surface area contributed by atoms with Crippen LogP contribution in [0.2, 0.25) is 0 Å². The molecule has 1 saturated heterocycles. The van der Waals surface area contributed by atoms with E-state index in [-0.39, 0.29) is 10.6 Å². The van der Waals surface area contributed by atoms with E-state index in [0.29, 0.717) is 19.0 Å². The first-order chi connectivity index (χ1) is 12.5. The van der Waals surface area contributed by atoms with Gasteiger partial charge in [0.2, 0.25) is 10.0 Å². The molecule has 0 aliphatic carbocycles. The Labute approximate surface area is 153 Å². The van der Waals surface area contributed by atoms with Crippen molar-refractivity contribution in [1.29, 1.82) is 0 Å². The smallest absolute Gasteiger partial charge is 0.258 e. The molecular formula is C19H22N2O4S. The van der Waals surface area contributed by atoms with Gasteiger partial charge in [0.1, 0.15) is 0 Å². The Bertz CT molecular complexity index is 860. The number of rotatable bonds is 6. The number of aryl methyl sites for hydroxylation is 1. The highest BCUT2D eigenvalue weighted by atomic mass is 32.2. The lowest BCUT2D eigenvalue weighted by Crippen LogP contribution is -2.38. The average molecular weight is 374 g/mol. The molecule has 0 radical (unpaired) electrons. The van der Waals surface area contributed by atoms with Crippen molar-refractivity contribution in [2.75, 3.05) is 13.1 Å². The van der Waals surface area contributed by atoms with Crippen LogP contribution < -0.4 is 0 Å². The van der Waals surface area contributed by atoms with Crippen molar-refractivity contribution >= 4 is 15.7 Å². The Morgan fingerprint density at radius 2 is 1.62 bits per heavy atom. The van der Waals surface area contributed by atoms with E-state index < -0.39 is 14.9 Å². The third-order valence-corrected chi connectivity index (χ3v) is 6.88. The van der Waals surface area contributed by atoms with E-state index in [9.17, 15) is 18.5 Å². The fourth-order valence-corrected chi connectivity index (χ4v) is 5.05. The van der Waals surface area contributed by atoms with Crippen LogP contribution in [-0.4, -0.2) is 30.7 Å².